The fraction of sp³-hybridized carbons (Fsp3) is 0.280. The number of benzene rings is 2. The zero-order chi connectivity index (χ0) is 22.0. The van der Waals surface area contributed by atoms with Gasteiger partial charge in [0.25, 0.3) is 5.91 Å². The smallest absolute Gasteiger partial charge is 0.324 e. The molecule has 4 rings (SSSR count). The Morgan fingerprint density at radius 1 is 1.03 bits per heavy atom. The van der Waals surface area contributed by atoms with Crippen LogP contribution in [0.5, 0.6) is 0 Å². The summed E-state index contributed by atoms with van der Waals surface area (Å²) in [5, 5.41) is 2.90. The van der Waals surface area contributed by atoms with Gasteiger partial charge >= 0.3 is 6.03 Å². The van der Waals surface area contributed by atoms with Gasteiger partial charge in [-0.05, 0) is 73.7 Å². The van der Waals surface area contributed by atoms with Gasteiger partial charge in [-0.1, -0.05) is 24.3 Å². The minimum absolute atomic E-state index is 0.0539. The molecule has 0 atom stereocenters. The van der Waals surface area contributed by atoms with Gasteiger partial charge in [0.05, 0.1) is 17.6 Å². The molecule has 0 saturated carbocycles. The van der Waals surface area contributed by atoms with Crippen LogP contribution in [0.3, 0.4) is 0 Å². The molecule has 2 heterocycles. The molecular formula is C25H27N3O3. The van der Waals surface area contributed by atoms with Gasteiger partial charge in [0, 0.05) is 19.6 Å². The molecule has 1 N–H and O–H groups in total. The van der Waals surface area contributed by atoms with E-state index in [9.17, 15) is 9.59 Å². The lowest BCUT2D eigenvalue weighted by Gasteiger charge is -2.36. The molecule has 1 aliphatic heterocycles. The van der Waals surface area contributed by atoms with E-state index in [-0.39, 0.29) is 17.7 Å². The number of rotatable bonds is 5. The number of urea groups is 1. The van der Waals surface area contributed by atoms with Gasteiger partial charge in [0.15, 0.2) is 5.76 Å². The summed E-state index contributed by atoms with van der Waals surface area (Å²) in [5.41, 5.74) is 5.87. The van der Waals surface area contributed by atoms with Crippen molar-refractivity contribution in [3.8, 4) is 0 Å². The lowest BCUT2D eigenvalue weighted by atomic mass is 10.1. The summed E-state index contributed by atoms with van der Waals surface area (Å²) in [7, 11) is 0. The largest absolute Gasteiger partial charge is 0.459 e. The molecule has 3 amide bonds. The molecule has 1 fully saturated rings. The van der Waals surface area contributed by atoms with Crippen molar-refractivity contribution in [3.63, 3.8) is 0 Å². The van der Waals surface area contributed by atoms with E-state index in [0.29, 0.717) is 31.0 Å². The van der Waals surface area contributed by atoms with Crippen LogP contribution in [-0.4, -0.2) is 29.9 Å². The predicted octanol–water partition coefficient (Wildman–Crippen LogP) is 5.29. The van der Waals surface area contributed by atoms with Crippen LogP contribution in [0.1, 0.15) is 39.2 Å². The normalized spacial score (nSPS) is 14.1. The van der Waals surface area contributed by atoms with Crippen molar-refractivity contribution >= 4 is 23.3 Å². The summed E-state index contributed by atoms with van der Waals surface area (Å²) in [4.78, 5) is 29.5. The summed E-state index contributed by atoms with van der Waals surface area (Å²) in [5.74, 6) is -0.109. The zero-order valence-corrected chi connectivity index (χ0v) is 18.1. The van der Waals surface area contributed by atoms with Crippen LogP contribution in [0.25, 0.3) is 0 Å². The number of amides is 3. The van der Waals surface area contributed by atoms with E-state index in [2.05, 4.69) is 37.4 Å². The highest BCUT2D eigenvalue weighted by Crippen LogP contribution is 2.31. The molecule has 0 radical (unpaired) electrons. The van der Waals surface area contributed by atoms with E-state index in [1.54, 1.807) is 17.0 Å². The van der Waals surface area contributed by atoms with Crippen LogP contribution in [0, 0.1) is 20.8 Å². The summed E-state index contributed by atoms with van der Waals surface area (Å²) in [6.07, 6.45) is 2.32. The first-order valence-electron chi connectivity index (χ1n) is 10.5. The number of furan rings is 1. The van der Waals surface area contributed by atoms with Gasteiger partial charge in [0.2, 0.25) is 0 Å². The Morgan fingerprint density at radius 3 is 2.61 bits per heavy atom. The maximum Gasteiger partial charge on any atom is 0.324 e. The highest BCUT2D eigenvalue weighted by Gasteiger charge is 2.29. The van der Waals surface area contributed by atoms with E-state index in [1.165, 1.54) is 17.4 Å². The van der Waals surface area contributed by atoms with Crippen LogP contribution in [0.15, 0.2) is 59.2 Å². The minimum atomic E-state index is -0.340. The standard InChI is InChI=1S/C25H27N3O3/c1-17-7-10-22(21(14-17)26-24(29)23-6-4-13-31-23)28-12-5-11-27(25(28)30)16-20-9-8-18(2)19(3)15-20/h4,6-10,13-15H,5,11-12,16H2,1-3H3,(H,26,29). The number of carbonyl (C=O) groups excluding carboxylic acids is 2. The van der Waals surface area contributed by atoms with E-state index >= 15 is 0 Å². The van der Waals surface area contributed by atoms with Crippen LogP contribution in [-0.2, 0) is 6.54 Å². The Kier molecular flexibility index (Phi) is 5.80. The Bertz CT molecular complexity index is 1110. The van der Waals surface area contributed by atoms with Crippen LogP contribution < -0.4 is 10.2 Å². The molecule has 31 heavy (non-hydrogen) atoms. The first-order chi connectivity index (χ1) is 14.9. The average molecular weight is 418 g/mol. The molecule has 6 nitrogen and oxygen atoms in total. The third kappa shape index (κ3) is 4.48. The highest BCUT2D eigenvalue weighted by atomic mass is 16.3. The number of hydrogen-bond acceptors (Lipinski definition) is 3. The number of nitrogens with one attached hydrogen (secondary N) is 1. The second-order valence-electron chi connectivity index (χ2n) is 8.08. The fourth-order valence-electron chi connectivity index (χ4n) is 3.85. The molecule has 0 unspecified atom stereocenters. The van der Waals surface area contributed by atoms with Crippen LogP contribution in [0.4, 0.5) is 16.2 Å². The minimum Gasteiger partial charge on any atom is -0.459 e. The molecule has 1 saturated heterocycles. The number of aryl methyl sites for hydroxylation is 3. The number of hydrogen-bond donors (Lipinski definition) is 1. The predicted molar refractivity (Wildman–Crippen MR) is 122 cm³/mol. The number of carbonyl (C=O) groups is 2. The first-order valence-corrected chi connectivity index (χ1v) is 10.5. The van der Waals surface area contributed by atoms with E-state index < -0.39 is 0 Å². The molecule has 0 aliphatic carbocycles. The molecule has 2 aromatic carbocycles. The fourth-order valence-corrected chi connectivity index (χ4v) is 3.85. The van der Waals surface area contributed by atoms with Crippen molar-refractivity contribution in [2.24, 2.45) is 0 Å². The Balaban J connectivity index is 1.57. The van der Waals surface area contributed by atoms with Crippen molar-refractivity contribution in [2.45, 2.75) is 33.7 Å². The monoisotopic (exact) mass is 417 g/mol. The van der Waals surface area contributed by atoms with E-state index in [0.717, 1.165) is 17.5 Å². The Morgan fingerprint density at radius 2 is 1.87 bits per heavy atom. The van der Waals surface area contributed by atoms with Crippen molar-refractivity contribution in [2.75, 3.05) is 23.3 Å². The summed E-state index contributed by atoms with van der Waals surface area (Å²) in [6.45, 7) is 8.01. The second-order valence-corrected chi connectivity index (χ2v) is 8.08. The molecule has 3 aromatic rings. The van der Waals surface area contributed by atoms with Gasteiger partial charge in [-0.25, -0.2) is 4.79 Å². The van der Waals surface area contributed by atoms with Gasteiger partial charge in [-0.3, -0.25) is 9.69 Å². The quantitative estimate of drug-likeness (QED) is 0.613. The Labute approximate surface area is 182 Å². The third-order valence-electron chi connectivity index (χ3n) is 5.69. The van der Waals surface area contributed by atoms with Crippen LogP contribution >= 0.6 is 0 Å². The molecule has 0 spiro atoms. The topological polar surface area (TPSA) is 65.8 Å². The maximum absolute atomic E-state index is 13.4. The van der Waals surface area contributed by atoms with Gasteiger partial charge in [-0.2, -0.15) is 0 Å². The van der Waals surface area contributed by atoms with Gasteiger partial charge in [-0.15, -0.1) is 0 Å². The second kappa shape index (κ2) is 8.68. The van der Waals surface area contributed by atoms with Crippen molar-refractivity contribution in [1.82, 2.24) is 4.90 Å². The summed E-state index contributed by atoms with van der Waals surface area (Å²) < 4.78 is 5.20. The molecule has 1 aliphatic rings. The van der Waals surface area contributed by atoms with Gasteiger partial charge < -0.3 is 14.6 Å². The summed E-state index contributed by atoms with van der Waals surface area (Å²) in [6, 6.07) is 15.3. The number of nitrogens with zero attached hydrogens (tertiary/aromatic N) is 2. The van der Waals surface area contributed by atoms with Crippen LogP contribution in [0.2, 0.25) is 0 Å². The van der Waals surface area contributed by atoms with E-state index in [4.69, 9.17) is 4.42 Å². The van der Waals surface area contributed by atoms with E-state index in [1.807, 2.05) is 30.0 Å². The lowest BCUT2D eigenvalue weighted by molar-refractivity contribution is 0.0996. The maximum atomic E-state index is 13.4. The average Bonchev–Trinajstić information content (AvgIpc) is 3.28. The molecule has 160 valence electrons. The zero-order valence-electron chi connectivity index (χ0n) is 18.1. The van der Waals surface area contributed by atoms with Gasteiger partial charge in [0.1, 0.15) is 0 Å². The molecule has 6 heteroatoms. The molecular weight excluding hydrogens is 390 g/mol. The van der Waals surface area contributed by atoms with Crippen molar-refractivity contribution in [1.29, 1.82) is 0 Å². The Hall–Kier alpha value is -3.54. The SMILES string of the molecule is Cc1ccc(N2CCCN(Cc3ccc(C)c(C)c3)C2=O)c(NC(=O)c2ccco2)c1. The lowest BCUT2D eigenvalue weighted by Crippen LogP contribution is -2.49. The first kappa shape index (κ1) is 20.7. The van der Waals surface area contributed by atoms with Crippen molar-refractivity contribution in [3.05, 3.63) is 82.8 Å². The summed E-state index contributed by atoms with van der Waals surface area (Å²) >= 11 is 0. The third-order valence-corrected chi connectivity index (χ3v) is 5.69. The van der Waals surface area contributed by atoms with Crippen molar-refractivity contribution < 1.29 is 14.0 Å². The highest BCUT2D eigenvalue weighted by molar-refractivity contribution is 6.06. The molecule has 0 bridgehead atoms. The molecule has 1 aromatic heterocycles. The number of anilines is 2.